The molecule has 4 rings (SSSR count). The summed E-state index contributed by atoms with van der Waals surface area (Å²) in [6, 6.07) is 5.81. The maximum Gasteiger partial charge on any atom is 0.229 e. The average Bonchev–Trinajstić information content (AvgIpc) is 3.27. The van der Waals surface area contributed by atoms with Crippen LogP contribution in [0.4, 0.5) is 5.69 Å². The maximum atomic E-state index is 12.7. The summed E-state index contributed by atoms with van der Waals surface area (Å²) in [6.45, 7) is 1.47. The van der Waals surface area contributed by atoms with Crippen molar-refractivity contribution in [3.8, 4) is 0 Å². The standard InChI is InChI=1S/C17H20N6O/c1-22-10-19-15-5-12(3-4-16(15)22)21-17(24)14-8-18-7-13(14)11-6-20-23(2)9-11/h3-6,9-10,13-14,18H,7-8H2,1-2H3,(H,21,24)/t13-,14+/m1/s1. The minimum absolute atomic E-state index is 0.0316. The number of anilines is 1. The first-order valence-corrected chi connectivity index (χ1v) is 8.03. The van der Waals surface area contributed by atoms with Gasteiger partial charge in [-0.1, -0.05) is 0 Å². The van der Waals surface area contributed by atoms with Gasteiger partial charge in [-0.15, -0.1) is 0 Å². The first-order chi connectivity index (χ1) is 11.6. The first kappa shape index (κ1) is 14.9. The number of carbonyl (C=O) groups excluding carboxylic acids is 1. The lowest BCUT2D eigenvalue weighted by Crippen LogP contribution is -2.28. The lowest BCUT2D eigenvalue weighted by Gasteiger charge is -2.17. The van der Waals surface area contributed by atoms with Gasteiger partial charge < -0.3 is 15.2 Å². The largest absolute Gasteiger partial charge is 0.334 e. The van der Waals surface area contributed by atoms with Crippen molar-refractivity contribution < 1.29 is 4.79 Å². The summed E-state index contributed by atoms with van der Waals surface area (Å²) in [5.74, 6) is 0.0787. The van der Waals surface area contributed by atoms with E-state index in [1.54, 1.807) is 11.0 Å². The molecule has 3 heterocycles. The highest BCUT2D eigenvalue weighted by Gasteiger charge is 2.34. The fourth-order valence-corrected chi connectivity index (χ4v) is 3.38. The molecule has 2 atom stereocenters. The van der Waals surface area contributed by atoms with E-state index in [-0.39, 0.29) is 17.7 Å². The second-order valence-corrected chi connectivity index (χ2v) is 6.37. The van der Waals surface area contributed by atoms with E-state index in [2.05, 4.69) is 20.7 Å². The van der Waals surface area contributed by atoms with Crippen LogP contribution in [0.5, 0.6) is 0 Å². The van der Waals surface area contributed by atoms with Crippen molar-refractivity contribution >= 4 is 22.6 Å². The molecule has 2 N–H and O–H groups in total. The molecule has 7 nitrogen and oxygen atoms in total. The van der Waals surface area contributed by atoms with Crippen LogP contribution >= 0.6 is 0 Å². The molecule has 2 aromatic heterocycles. The van der Waals surface area contributed by atoms with Crippen LogP contribution in [0.2, 0.25) is 0 Å². The van der Waals surface area contributed by atoms with Crippen molar-refractivity contribution in [2.75, 3.05) is 18.4 Å². The number of aryl methyl sites for hydroxylation is 2. The van der Waals surface area contributed by atoms with Crippen molar-refractivity contribution in [2.24, 2.45) is 20.0 Å². The van der Waals surface area contributed by atoms with Crippen LogP contribution in [0.25, 0.3) is 11.0 Å². The molecule has 0 saturated carbocycles. The van der Waals surface area contributed by atoms with Gasteiger partial charge in [-0.2, -0.15) is 5.10 Å². The quantitative estimate of drug-likeness (QED) is 0.760. The van der Waals surface area contributed by atoms with Crippen LogP contribution in [0, 0.1) is 5.92 Å². The van der Waals surface area contributed by atoms with Crippen LogP contribution in [0.3, 0.4) is 0 Å². The Bertz CT molecular complexity index is 896. The molecular weight excluding hydrogens is 304 g/mol. The third kappa shape index (κ3) is 2.56. The molecule has 1 saturated heterocycles. The summed E-state index contributed by atoms with van der Waals surface area (Å²) < 4.78 is 3.73. The van der Waals surface area contributed by atoms with Crippen molar-refractivity contribution in [1.29, 1.82) is 0 Å². The Morgan fingerprint density at radius 2 is 2.21 bits per heavy atom. The molecule has 0 bridgehead atoms. The molecule has 7 heteroatoms. The molecule has 3 aromatic rings. The molecule has 0 spiro atoms. The van der Waals surface area contributed by atoms with E-state index in [9.17, 15) is 4.79 Å². The zero-order valence-corrected chi connectivity index (χ0v) is 13.7. The number of nitrogens with zero attached hydrogens (tertiary/aromatic N) is 4. The number of hydrogen-bond acceptors (Lipinski definition) is 4. The van der Waals surface area contributed by atoms with Gasteiger partial charge >= 0.3 is 0 Å². The van der Waals surface area contributed by atoms with E-state index in [0.717, 1.165) is 28.8 Å². The zero-order valence-electron chi connectivity index (χ0n) is 13.7. The molecule has 124 valence electrons. The van der Waals surface area contributed by atoms with E-state index < -0.39 is 0 Å². The average molecular weight is 324 g/mol. The highest BCUT2D eigenvalue weighted by atomic mass is 16.1. The van der Waals surface area contributed by atoms with Gasteiger partial charge in [-0.05, 0) is 23.8 Å². The number of aromatic nitrogens is 4. The molecule has 1 aromatic carbocycles. The predicted octanol–water partition coefficient (Wildman–Crippen LogP) is 1.25. The normalized spacial score (nSPS) is 20.6. The number of fused-ring (bicyclic) bond motifs is 1. The molecule has 1 fully saturated rings. The predicted molar refractivity (Wildman–Crippen MR) is 91.7 cm³/mol. The Balaban J connectivity index is 1.53. The molecule has 1 aliphatic heterocycles. The molecule has 0 unspecified atom stereocenters. The SMILES string of the molecule is Cn1cc([C@H]2CNC[C@@H]2C(=O)Nc2ccc3c(c2)ncn3C)cn1. The van der Waals surface area contributed by atoms with Gasteiger partial charge in [0.2, 0.25) is 5.91 Å². The number of benzene rings is 1. The lowest BCUT2D eigenvalue weighted by atomic mass is 9.90. The second-order valence-electron chi connectivity index (χ2n) is 6.37. The highest BCUT2D eigenvalue weighted by molar-refractivity contribution is 5.95. The summed E-state index contributed by atoms with van der Waals surface area (Å²) in [5.41, 5.74) is 3.80. The number of amides is 1. The van der Waals surface area contributed by atoms with Crippen molar-refractivity contribution in [3.63, 3.8) is 0 Å². The van der Waals surface area contributed by atoms with Gasteiger partial charge in [-0.3, -0.25) is 9.48 Å². The van der Waals surface area contributed by atoms with Crippen LogP contribution < -0.4 is 10.6 Å². The molecule has 0 radical (unpaired) electrons. The topological polar surface area (TPSA) is 76.8 Å². The van der Waals surface area contributed by atoms with E-state index in [1.807, 2.05) is 49.3 Å². The van der Waals surface area contributed by atoms with Gasteiger partial charge in [0, 0.05) is 45.0 Å². The van der Waals surface area contributed by atoms with Gasteiger partial charge in [0.25, 0.3) is 0 Å². The fraction of sp³-hybridized carbons (Fsp3) is 0.353. The van der Waals surface area contributed by atoms with Crippen LogP contribution in [-0.2, 0) is 18.9 Å². The number of rotatable bonds is 3. The lowest BCUT2D eigenvalue weighted by molar-refractivity contribution is -0.119. The Kier molecular flexibility index (Phi) is 3.57. The first-order valence-electron chi connectivity index (χ1n) is 8.03. The molecule has 0 aliphatic carbocycles. The fourth-order valence-electron chi connectivity index (χ4n) is 3.38. The van der Waals surface area contributed by atoms with Crippen LogP contribution in [-0.4, -0.2) is 38.3 Å². The molecular formula is C17H20N6O. The summed E-state index contributed by atoms with van der Waals surface area (Å²) in [4.78, 5) is 17.1. The van der Waals surface area contributed by atoms with E-state index in [0.29, 0.717) is 6.54 Å². The Hall–Kier alpha value is -2.67. The third-order valence-corrected chi connectivity index (χ3v) is 4.70. The minimum Gasteiger partial charge on any atom is -0.334 e. The monoisotopic (exact) mass is 324 g/mol. The highest BCUT2D eigenvalue weighted by Crippen LogP contribution is 2.29. The maximum absolute atomic E-state index is 12.7. The van der Waals surface area contributed by atoms with E-state index in [4.69, 9.17) is 0 Å². The van der Waals surface area contributed by atoms with Gasteiger partial charge in [0.15, 0.2) is 0 Å². The van der Waals surface area contributed by atoms with Crippen molar-refractivity contribution in [2.45, 2.75) is 5.92 Å². The summed E-state index contributed by atoms with van der Waals surface area (Å²) >= 11 is 0. The van der Waals surface area contributed by atoms with Crippen LogP contribution in [0.15, 0.2) is 36.9 Å². The second kappa shape index (κ2) is 5.76. The van der Waals surface area contributed by atoms with E-state index in [1.165, 1.54) is 0 Å². The summed E-state index contributed by atoms with van der Waals surface area (Å²) in [5, 5.41) is 10.6. The van der Waals surface area contributed by atoms with Gasteiger partial charge in [0.1, 0.15) is 0 Å². The summed E-state index contributed by atoms with van der Waals surface area (Å²) in [6.07, 6.45) is 5.60. The van der Waals surface area contributed by atoms with Crippen molar-refractivity contribution in [1.82, 2.24) is 24.6 Å². The Labute approximate surface area is 139 Å². The zero-order chi connectivity index (χ0) is 16.7. The molecule has 24 heavy (non-hydrogen) atoms. The Morgan fingerprint density at radius 3 is 3.00 bits per heavy atom. The number of carbonyl (C=O) groups is 1. The third-order valence-electron chi connectivity index (χ3n) is 4.70. The smallest absolute Gasteiger partial charge is 0.229 e. The Morgan fingerprint density at radius 1 is 1.33 bits per heavy atom. The van der Waals surface area contributed by atoms with Gasteiger partial charge in [-0.25, -0.2) is 4.98 Å². The van der Waals surface area contributed by atoms with Crippen LogP contribution in [0.1, 0.15) is 11.5 Å². The summed E-state index contributed by atoms with van der Waals surface area (Å²) in [7, 11) is 3.85. The van der Waals surface area contributed by atoms with E-state index >= 15 is 0 Å². The number of hydrogen-bond donors (Lipinski definition) is 2. The number of nitrogens with one attached hydrogen (secondary N) is 2. The molecule has 1 amide bonds. The van der Waals surface area contributed by atoms with Gasteiger partial charge in [0.05, 0.1) is 29.5 Å². The number of imidazole rings is 1. The van der Waals surface area contributed by atoms with Crippen molar-refractivity contribution in [3.05, 3.63) is 42.5 Å². The molecule has 1 aliphatic rings. The minimum atomic E-state index is -0.103.